The molecule has 0 saturated carbocycles. The summed E-state index contributed by atoms with van der Waals surface area (Å²) in [6.45, 7) is 12.4. The standard InChI is InChI=1S/C14H29NO/c1-5-12(2)15-11-14(3,4)10-13-6-8-16-9-7-13/h12-13,15H,5-11H2,1-4H3. The van der Waals surface area contributed by atoms with Crippen LogP contribution in [0.25, 0.3) is 0 Å². The van der Waals surface area contributed by atoms with Crippen LogP contribution in [0.4, 0.5) is 0 Å². The molecule has 0 amide bonds. The van der Waals surface area contributed by atoms with Crippen molar-refractivity contribution < 1.29 is 4.74 Å². The summed E-state index contributed by atoms with van der Waals surface area (Å²) >= 11 is 0. The average molecular weight is 227 g/mol. The van der Waals surface area contributed by atoms with Crippen molar-refractivity contribution >= 4 is 0 Å². The lowest BCUT2D eigenvalue weighted by molar-refractivity contribution is 0.0509. The van der Waals surface area contributed by atoms with Gasteiger partial charge in [0, 0.05) is 25.8 Å². The molecule has 0 aliphatic carbocycles. The SMILES string of the molecule is CCC(C)NCC(C)(C)CC1CCOCC1. The summed E-state index contributed by atoms with van der Waals surface area (Å²) in [7, 11) is 0. The molecule has 1 fully saturated rings. The van der Waals surface area contributed by atoms with Gasteiger partial charge in [-0.05, 0) is 43.9 Å². The van der Waals surface area contributed by atoms with Gasteiger partial charge in [-0.1, -0.05) is 20.8 Å². The van der Waals surface area contributed by atoms with E-state index in [1.165, 1.54) is 25.7 Å². The monoisotopic (exact) mass is 227 g/mol. The Hall–Kier alpha value is -0.0800. The molecule has 1 aliphatic rings. The number of ether oxygens (including phenoxy) is 1. The highest BCUT2D eigenvalue weighted by molar-refractivity contribution is 4.78. The molecule has 1 unspecified atom stereocenters. The van der Waals surface area contributed by atoms with Crippen molar-refractivity contribution in [1.82, 2.24) is 5.32 Å². The number of nitrogens with one attached hydrogen (secondary N) is 1. The number of hydrogen-bond acceptors (Lipinski definition) is 2. The van der Waals surface area contributed by atoms with E-state index < -0.39 is 0 Å². The highest BCUT2D eigenvalue weighted by Gasteiger charge is 2.24. The molecule has 0 spiro atoms. The van der Waals surface area contributed by atoms with Crippen LogP contribution in [0.2, 0.25) is 0 Å². The first-order valence-electron chi connectivity index (χ1n) is 6.84. The molecule has 0 bridgehead atoms. The van der Waals surface area contributed by atoms with Crippen LogP contribution in [-0.2, 0) is 4.74 Å². The lowest BCUT2D eigenvalue weighted by Crippen LogP contribution is -2.36. The minimum absolute atomic E-state index is 0.422. The highest BCUT2D eigenvalue weighted by Crippen LogP contribution is 2.30. The Labute approximate surface area is 101 Å². The number of rotatable bonds is 6. The van der Waals surface area contributed by atoms with Gasteiger partial charge in [0.25, 0.3) is 0 Å². The van der Waals surface area contributed by atoms with E-state index in [1.54, 1.807) is 0 Å². The maximum absolute atomic E-state index is 5.41. The summed E-state index contributed by atoms with van der Waals surface area (Å²) < 4.78 is 5.41. The first kappa shape index (κ1) is 14.0. The third kappa shape index (κ3) is 5.31. The molecule has 1 heterocycles. The van der Waals surface area contributed by atoms with Crippen LogP contribution in [0.15, 0.2) is 0 Å². The molecule has 2 heteroatoms. The van der Waals surface area contributed by atoms with Crippen LogP contribution in [0.1, 0.15) is 53.4 Å². The predicted molar refractivity (Wildman–Crippen MR) is 69.7 cm³/mol. The maximum atomic E-state index is 5.41. The lowest BCUT2D eigenvalue weighted by atomic mass is 9.79. The predicted octanol–water partition coefficient (Wildman–Crippen LogP) is 3.22. The van der Waals surface area contributed by atoms with Gasteiger partial charge in [-0.2, -0.15) is 0 Å². The van der Waals surface area contributed by atoms with E-state index in [4.69, 9.17) is 4.74 Å². The zero-order chi connectivity index (χ0) is 12.0. The van der Waals surface area contributed by atoms with Crippen LogP contribution in [0.3, 0.4) is 0 Å². The van der Waals surface area contributed by atoms with Crippen molar-refractivity contribution in [2.24, 2.45) is 11.3 Å². The minimum atomic E-state index is 0.422. The van der Waals surface area contributed by atoms with E-state index in [0.29, 0.717) is 11.5 Å². The Bertz CT molecular complexity index is 185. The summed E-state index contributed by atoms with van der Waals surface area (Å²) in [6, 6.07) is 0.647. The average Bonchev–Trinajstić information content (AvgIpc) is 2.27. The van der Waals surface area contributed by atoms with Crippen molar-refractivity contribution in [1.29, 1.82) is 0 Å². The number of hydrogen-bond donors (Lipinski definition) is 1. The second-order valence-electron chi connectivity index (χ2n) is 6.11. The van der Waals surface area contributed by atoms with Crippen molar-refractivity contribution in [3.63, 3.8) is 0 Å². The van der Waals surface area contributed by atoms with Gasteiger partial charge < -0.3 is 10.1 Å². The zero-order valence-corrected chi connectivity index (χ0v) is 11.5. The van der Waals surface area contributed by atoms with Crippen LogP contribution < -0.4 is 5.32 Å². The zero-order valence-electron chi connectivity index (χ0n) is 11.5. The van der Waals surface area contributed by atoms with E-state index in [-0.39, 0.29) is 0 Å². The molecule has 96 valence electrons. The Morgan fingerprint density at radius 1 is 1.31 bits per heavy atom. The fourth-order valence-corrected chi connectivity index (χ4v) is 2.40. The van der Waals surface area contributed by atoms with Gasteiger partial charge in [-0.3, -0.25) is 0 Å². The van der Waals surface area contributed by atoms with E-state index in [0.717, 1.165) is 25.7 Å². The molecule has 2 nitrogen and oxygen atoms in total. The molecule has 1 aliphatic heterocycles. The van der Waals surface area contributed by atoms with Gasteiger partial charge in [0.1, 0.15) is 0 Å². The molecule has 1 N–H and O–H groups in total. The van der Waals surface area contributed by atoms with Crippen LogP contribution in [0, 0.1) is 11.3 Å². The molecule has 1 atom stereocenters. The normalized spacial score (nSPS) is 21.0. The van der Waals surface area contributed by atoms with Crippen molar-refractivity contribution in [2.75, 3.05) is 19.8 Å². The van der Waals surface area contributed by atoms with E-state index in [9.17, 15) is 0 Å². The topological polar surface area (TPSA) is 21.3 Å². The molecule has 0 aromatic carbocycles. The minimum Gasteiger partial charge on any atom is -0.381 e. The molecular weight excluding hydrogens is 198 g/mol. The van der Waals surface area contributed by atoms with Gasteiger partial charge in [0.2, 0.25) is 0 Å². The van der Waals surface area contributed by atoms with Gasteiger partial charge in [-0.15, -0.1) is 0 Å². The smallest absolute Gasteiger partial charge is 0.0468 e. The highest BCUT2D eigenvalue weighted by atomic mass is 16.5. The van der Waals surface area contributed by atoms with Gasteiger partial charge >= 0.3 is 0 Å². The van der Waals surface area contributed by atoms with Crippen molar-refractivity contribution in [2.45, 2.75) is 59.4 Å². The Morgan fingerprint density at radius 2 is 1.94 bits per heavy atom. The lowest BCUT2D eigenvalue weighted by Gasteiger charge is -2.33. The Balaban J connectivity index is 2.26. The summed E-state index contributed by atoms with van der Waals surface area (Å²) in [5.74, 6) is 0.877. The molecule has 0 aromatic heterocycles. The van der Waals surface area contributed by atoms with Crippen molar-refractivity contribution in [3.05, 3.63) is 0 Å². The largest absolute Gasteiger partial charge is 0.381 e. The summed E-state index contributed by atoms with van der Waals surface area (Å²) in [5, 5.41) is 3.63. The van der Waals surface area contributed by atoms with Gasteiger partial charge in [0.05, 0.1) is 0 Å². The third-order valence-corrected chi connectivity index (χ3v) is 3.72. The quantitative estimate of drug-likeness (QED) is 0.752. The summed E-state index contributed by atoms with van der Waals surface area (Å²) in [4.78, 5) is 0. The maximum Gasteiger partial charge on any atom is 0.0468 e. The fraction of sp³-hybridized carbons (Fsp3) is 1.00. The molecule has 16 heavy (non-hydrogen) atoms. The van der Waals surface area contributed by atoms with E-state index in [2.05, 4.69) is 33.0 Å². The Morgan fingerprint density at radius 3 is 2.50 bits per heavy atom. The molecule has 0 radical (unpaired) electrons. The third-order valence-electron chi connectivity index (χ3n) is 3.72. The summed E-state index contributed by atoms with van der Waals surface area (Å²) in [6.07, 6.45) is 5.06. The first-order valence-corrected chi connectivity index (χ1v) is 6.84. The van der Waals surface area contributed by atoms with Crippen LogP contribution in [0.5, 0.6) is 0 Å². The fourth-order valence-electron chi connectivity index (χ4n) is 2.40. The molecular formula is C14H29NO. The van der Waals surface area contributed by atoms with Crippen LogP contribution in [-0.4, -0.2) is 25.8 Å². The summed E-state index contributed by atoms with van der Waals surface area (Å²) in [5.41, 5.74) is 0.422. The van der Waals surface area contributed by atoms with Crippen molar-refractivity contribution in [3.8, 4) is 0 Å². The Kier molecular flexibility index (Phi) is 5.77. The van der Waals surface area contributed by atoms with E-state index >= 15 is 0 Å². The second kappa shape index (κ2) is 6.61. The van der Waals surface area contributed by atoms with Crippen LogP contribution >= 0.6 is 0 Å². The molecule has 1 rings (SSSR count). The van der Waals surface area contributed by atoms with Gasteiger partial charge in [0.15, 0.2) is 0 Å². The van der Waals surface area contributed by atoms with Gasteiger partial charge in [-0.25, -0.2) is 0 Å². The van der Waals surface area contributed by atoms with E-state index in [1.807, 2.05) is 0 Å². The second-order valence-corrected chi connectivity index (χ2v) is 6.11. The molecule has 1 saturated heterocycles. The first-order chi connectivity index (χ1) is 7.53. The molecule has 0 aromatic rings.